The van der Waals surface area contributed by atoms with Crippen molar-refractivity contribution in [2.24, 2.45) is 0 Å². The predicted molar refractivity (Wildman–Crippen MR) is 92.8 cm³/mol. The Morgan fingerprint density at radius 2 is 1.96 bits per heavy atom. The number of hydrogen-bond donors (Lipinski definition) is 2. The van der Waals surface area contributed by atoms with E-state index in [9.17, 15) is 9.90 Å². The van der Waals surface area contributed by atoms with Crippen molar-refractivity contribution in [3.8, 4) is 0 Å². The van der Waals surface area contributed by atoms with Gasteiger partial charge in [0.15, 0.2) is 0 Å². The molecule has 24 heavy (non-hydrogen) atoms. The second kappa shape index (κ2) is 8.11. The predicted octanol–water partition coefficient (Wildman–Crippen LogP) is 3.20. The minimum atomic E-state index is -0.389. The molecule has 1 heterocycles. The molecule has 130 valence electrons. The first-order valence-electron chi connectivity index (χ1n) is 8.38. The summed E-state index contributed by atoms with van der Waals surface area (Å²) in [6, 6.07) is 7.57. The maximum atomic E-state index is 12.4. The molecule has 0 fully saturated rings. The summed E-state index contributed by atoms with van der Waals surface area (Å²) in [6.07, 6.45) is 1.29. The highest BCUT2D eigenvalue weighted by Crippen LogP contribution is 2.26. The highest BCUT2D eigenvalue weighted by Gasteiger charge is 2.21. The van der Waals surface area contributed by atoms with Crippen LogP contribution in [-0.4, -0.2) is 22.8 Å². The number of carbonyl (C=O) groups is 1. The summed E-state index contributed by atoms with van der Waals surface area (Å²) in [5.41, 5.74) is 3.95. The fraction of sp³-hybridized carbons (Fsp3) is 0.474. The van der Waals surface area contributed by atoms with Crippen molar-refractivity contribution < 1.29 is 14.4 Å². The van der Waals surface area contributed by atoms with E-state index in [2.05, 4.69) is 17.4 Å². The van der Waals surface area contributed by atoms with Crippen LogP contribution >= 0.6 is 0 Å². The number of carbonyl (C=O) groups excluding carboxylic acids is 1. The van der Waals surface area contributed by atoms with E-state index in [1.807, 2.05) is 45.0 Å². The lowest BCUT2D eigenvalue weighted by Crippen LogP contribution is -2.31. The highest BCUT2D eigenvalue weighted by atomic mass is 16.5. The van der Waals surface area contributed by atoms with Crippen molar-refractivity contribution >= 4 is 5.91 Å². The normalized spacial score (nSPS) is 13.5. The molecular weight excluding hydrogens is 304 g/mol. The van der Waals surface area contributed by atoms with E-state index in [1.54, 1.807) is 0 Å². The van der Waals surface area contributed by atoms with Crippen LogP contribution in [0.25, 0.3) is 0 Å². The molecule has 2 unspecified atom stereocenters. The number of rotatable bonds is 7. The largest absolute Gasteiger partial charge is 0.394 e. The molecule has 0 radical (unpaired) electrons. The third-order valence-corrected chi connectivity index (χ3v) is 4.38. The summed E-state index contributed by atoms with van der Waals surface area (Å²) in [6.45, 7) is 7.69. The number of amides is 1. The van der Waals surface area contributed by atoms with Gasteiger partial charge < -0.3 is 14.9 Å². The van der Waals surface area contributed by atoms with Crippen molar-refractivity contribution in [2.45, 2.75) is 52.5 Å². The standard InChI is InChI=1S/C19H26N2O3/c1-5-15-6-8-16(9-7-15)17(11-22)20-18(23)10-12(2)19-13(3)21-24-14(19)4/h6-9,12,17,22H,5,10-11H2,1-4H3,(H,20,23). The summed E-state index contributed by atoms with van der Waals surface area (Å²) in [7, 11) is 0. The van der Waals surface area contributed by atoms with E-state index in [0.717, 1.165) is 29.0 Å². The Kier molecular flexibility index (Phi) is 6.15. The van der Waals surface area contributed by atoms with Crippen LogP contribution in [0.15, 0.2) is 28.8 Å². The number of aliphatic hydroxyl groups excluding tert-OH is 1. The van der Waals surface area contributed by atoms with E-state index in [-0.39, 0.29) is 24.5 Å². The lowest BCUT2D eigenvalue weighted by molar-refractivity contribution is -0.122. The van der Waals surface area contributed by atoms with Crippen molar-refractivity contribution in [2.75, 3.05) is 6.61 Å². The van der Waals surface area contributed by atoms with E-state index in [4.69, 9.17) is 4.52 Å². The number of nitrogens with zero attached hydrogens (tertiary/aromatic N) is 1. The maximum absolute atomic E-state index is 12.4. The zero-order valence-corrected chi connectivity index (χ0v) is 14.8. The van der Waals surface area contributed by atoms with Crippen LogP contribution in [-0.2, 0) is 11.2 Å². The van der Waals surface area contributed by atoms with Crippen LogP contribution in [0.3, 0.4) is 0 Å². The number of benzene rings is 1. The molecule has 2 atom stereocenters. The van der Waals surface area contributed by atoms with Gasteiger partial charge in [0, 0.05) is 12.0 Å². The van der Waals surface area contributed by atoms with Gasteiger partial charge in [0.1, 0.15) is 5.76 Å². The molecule has 0 bridgehead atoms. The zero-order valence-electron chi connectivity index (χ0n) is 14.8. The molecule has 1 aromatic heterocycles. The molecule has 0 aliphatic carbocycles. The quantitative estimate of drug-likeness (QED) is 0.817. The average Bonchev–Trinajstić information content (AvgIpc) is 2.91. The number of aryl methyl sites for hydroxylation is 3. The van der Waals surface area contributed by atoms with Crippen molar-refractivity contribution in [1.82, 2.24) is 10.5 Å². The summed E-state index contributed by atoms with van der Waals surface area (Å²) in [4.78, 5) is 12.4. The number of nitrogens with one attached hydrogen (secondary N) is 1. The molecular formula is C19H26N2O3. The van der Waals surface area contributed by atoms with Gasteiger partial charge in [-0.25, -0.2) is 0 Å². The summed E-state index contributed by atoms with van der Waals surface area (Å²) >= 11 is 0. The molecule has 5 heteroatoms. The molecule has 0 aliphatic rings. The van der Waals surface area contributed by atoms with Gasteiger partial charge in [0.2, 0.25) is 5.91 Å². The summed E-state index contributed by atoms with van der Waals surface area (Å²) in [5, 5.41) is 16.5. The second-order valence-corrected chi connectivity index (χ2v) is 6.24. The Hall–Kier alpha value is -2.14. The number of hydrogen-bond acceptors (Lipinski definition) is 4. The number of aromatic nitrogens is 1. The van der Waals surface area contributed by atoms with Crippen LogP contribution < -0.4 is 5.32 Å². The van der Waals surface area contributed by atoms with Crippen molar-refractivity contribution in [1.29, 1.82) is 0 Å². The minimum absolute atomic E-state index is 0.0121. The van der Waals surface area contributed by atoms with Crippen LogP contribution in [0.1, 0.15) is 60.4 Å². The Labute approximate surface area is 143 Å². The molecule has 5 nitrogen and oxygen atoms in total. The van der Waals surface area contributed by atoms with Crippen molar-refractivity contribution in [3.05, 3.63) is 52.4 Å². The van der Waals surface area contributed by atoms with Gasteiger partial charge in [-0.05, 0) is 37.3 Å². The monoisotopic (exact) mass is 330 g/mol. The zero-order chi connectivity index (χ0) is 17.7. The van der Waals surface area contributed by atoms with Gasteiger partial charge in [0.25, 0.3) is 0 Å². The highest BCUT2D eigenvalue weighted by molar-refractivity contribution is 5.77. The fourth-order valence-electron chi connectivity index (χ4n) is 3.05. The second-order valence-electron chi connectivity index (χ2n) is 6.24. The van der Waals surface area contributed by atoms with E-state index < -0.39 is 0 Å². The van der Waals surface area contributed by atoms with E-state index in [1.165, 1.54) is 5.56 Å². The molecule has 0 aliphatic heterocycles. The van der Waals surface area contributed by atoms with Crippen LogP contribution in [0.2, 0.25) is 0 Å². The molecule has 2 rings (SSSR count). The lowest BCUT2D eigenvalue weighted by atomic mass is 9.95. The van der Waals surface area contributed by atoms with Gasteiger partial charge in [-0.15, -0.1) is 0 Å². The molecule has 2 aromatic rings. The fourth-order valence-corrected chi connectivity index (χ4v) is 3.05. The summed E-state index contributed by atoms with van der Waals surface area (Å²) < 4.78 is 5.17. The first kappa shape index (κ1) is 18.2. The van der Waals surface area contributed by atoms with Crippen LogP contribution in [0.5, 0.6) is 0 Å². The Morgan fingerprint density at radius 1 is 1.29 bits per heavy atom. The van der Waals surface area contributed by atoms with Gasteiger partial charge in [-0.2, -0.15) is 0 Å². The van der Waals surface area contributed by atoms with Crippen LogP contribution in [0, 0.1) is 13.8 Å². The average molecular weight is 330 g/mol. The SMILES string of the molecule is CCc1ccc(C(CO)NC(=O)CC(C)c2c(C)noc2C)cc1. The van der Waals surface area contributed by atoms with Crippen molar-refractivity contribution in [3.63, 3.8) is 0 Å². The van der Waals surface area contributed by atoms with Gasteiger partial charge in [0.05, 0.1) is 18.3 Å². The topological polar surface area (TPSA) is 75.4 Å². The smallest absolute Gasteiger partial charge is 0.221 e. The molecule has 1 amide bonds. The maximum Gasteiger partial charge on any atom is 0.221 e. The molecule has 0 saturated carbocycles. The lowest BCUT2D eigenvalue weighted by Gasteiger charge is -2.19. The third-order valence-electron chi connectivity index (χ3n) is 4.38. The number of aliphatic hydroxyl groups is 1. The Balaban J connectivity index is 2.01. The first-order chi connectivity index (χ1) is 11.5. The molecule has 0 spiro atoms. The van der Waals surface area contributed by atoms with Gasteiger partial charge in [-0.1, -0.05) is 43.3 Å². The Morgan fingerprint density at radius 3 is 2.46 bits per heavy atom. The first-order valence-corrected chi connectivity index (χ1v) is 8.38. The summed E-state index contributed by atoms with van der Waals surface area (Å²) in [5.74, 6) is 0.667. The van der Waals surface area contributed by atoms with E-state index in [0.29, 0.717) is 6.42 Å². The van der Waals surface area contributed by atoms with Gasteiger partial charge in [-0.3, -0.25) is 4.79 Å². The Bertz CT molecular complexity index is 657. The third kappa shape index (κ3) is 4.23. The molecule has 1 aromatic carbocycles. The van der Waals surface area contributed by atoms with Gasteiger partial charge >= 0.3 is 0 Å². The van der Waals surface area contributed by atoms with E-state index >= 15 is 0 Å². The minimum Gasteiger partial charge on any atom is -0.394 e. The van der Waals surface area contributed by atoms with Crippen LogP contribution in [0.4, 0.5) is 0 Å². The molecule has 0 saturated heterocycles. The molecule has 2 N–H and O–H groups in total.